The number of imide groups is 1. The third-order valence-corrected chi connectivity index (χ3v) is 5.38. The van der Waals surface area contributed by atoms with E-state index < -0.39 is 0 Å². The van der Waals surface area contributed by atoms with Crippen LogP contribution >= 0.6 is 0 Å². The van der Waals surface area contributed by atoms with E-state index >= 15 is 0 Å². The number of anilines is 1. The van der Waals surface area contributed by atoms with E-state index in [1.54, 1.807) is 7.11 Å². The molecule has 2 aromatic carbocycles. The van der Waals surface area contributed by atoms with Gasteiger partial charge < -0.3 is 14.8 Å². The van der Waals surface area contributed by atoms with Crippen molar-refractivity contribution in [2.75, 3.05) is 32.2 Å². The van der Waals surface area contributed by atoms with Crippen LogP contribution in [-0.4, -0.2) is 43.6 Å². The van der Waals surface area contributed by atoms with Crippen molar-refractivity contribution in [2.24, 2.45) is 0 Å². The summed E-state index contributed by atoms with van der Waals surface area (Å²) in [5.74, 6) is 0.128. The number of carbonyl (C=O) groups excluding carboxylic acids is 2. The number of methoxy groups -OCH3 is 1. The van der Waals surface area contributed by atoms with Crippen LogP contribution in [0.15, 0.2) is 48.2 Å². The van der Waals surface area contributed by atoms with Crippen LogP contribution in [0.4, 0.5) is 5.69 Å². The van der Waals surface area contributed by atoms with E-state index in [4.69, 9.17) is 9.47 Å². The van der Waals surface area contributed by atoms with Crippen molar-refractivity contribution in [1.29, 1.82) is 0 Å². The van der Waals surface area contributed by atoms with Gasteiger partial charge in [-0.15, -0.1) is 0 Å². The molecule has 6 heteroatoms. The van der Waals surface area contributed by atoms with Crippen molar-refractivity contribution in [2.45, 2.75) is 33.6 Å². The van der Waals surface area contributed by atoms with Crippen LogP contribution in [0, 0.1) is 13.8 Å². The molecule has 31 heavy (non-hydrogen) atoms. The van der Waals surface area contributed by atoms with Crippen molar-refractivity contribution >= 4 is 23.1 Å². The first-order chi connectivity index (χ1) is 15.0. The molecule has 0 radical (unpaired) electrons. The van der Waals surface area contributed by atoms with Gasteiger partial charge in [0.15, 0.2) is 0 Å². The van der Waals surface area contributed by atoms with Gasteiger partial charge >= 0.3 is 0 Å². The Hall–Kier alpha value is -3.12. The van der Waals surface area contributed by atoms with Crippen molar-refractivity contribution in [3.05, 3.63) is 64.9 Å². The molecule has 1 heterocycles. The Labute approximate surface area is 183 Å². The lowest BCUT2D eigenvalue weighted by atomic mass is 10.0. The van der Waals surface area contributed by atoms with Gasteiger partial charge in [-0.1, -0.05) is 31.2 Å². The van der Waals surface area contributed by atoms with Gasteiger partial charge in [-0.25, -0.2) is 0 Å². The molecular weight excluding hydrogens is 392 g/mol. The lowest BCUT2D eigenvalue weighted by Gasteiger charge is -2.15. The molecule has 2 amide bonds. The Bertz CT molecular complexity index is 980. The number of carbonyl (C=O) groups is 2. The molecular formula is C25H30N2O4. The molecule has 1 N–H and O–H groups in total. The van der Waals surface area contributed by atoms with Crippen LogP contribution in [0.1, 0.15) is 36.5 Å². The van der Waals surface area contributed by atoms with Gasteiger partial charge in [-0.3, -0.25) is 14.5 Å². The lowest BCUT2D eigenvalue weighted by Crippen LogP contribution is -2.34. The number of amides is 2. The number of ether oxygens (including phenoxy) is 2. The number of rotatable bonds is 10. The molecule has 0 saturated carbocycles. The van der Waals surface area contributed by atoms with Crippen LogP contribution in [0.3, 0.4) is 0 Å². The second-order valence-electron chi connectivity index (χ2n) is 7.60. The third-order valence-electron chi connectivity index (χ3n) is 5.38. The van der Waals surface area contributed by atoms with Crippen LogP contribution in [0.5, 0.6) is 5.75 Å². The highest BCUT2D eigenvalue weighted by molar-refractivity contribution is 6.36. The standard InChI is InChI=1S/C25H30N2O4/c1-5-15-31-20-12-10-19(11-13-20)22-23(26-21-9-6-8-17(2)18(21)3)25(29)27(24(22)28)14-7-16-30-4/h6,8-13,26H,5,7,14-16H2,1-4H3. The van der Waals surface area contributed by atoms with E-state index in [0.29, 0.717) is 43.0 Å². The summed E-state index contributed by atoms with van der Waals surface area (Å²) in [6, 6.07) is 13.2. The first-order valence-corrected chi connectivity index (χ1v) is 10.6. The molecule has 164 valence electrons. The SMILES string of the molecule is CCCOc1ccc(C2=C(Nc3cccc(C)c3C)C(=O)N(CCCOC)C2=O)cc1. The summed E-state index contributed by atoms with van der Waals surface area (Å²) in [6.07, 6.45) is 1.50. The molecule has 0 fully saturated rings. The van der Waals surface area contributed by atoms with Crippen LogP contribution < -0.4 is 10.1 Å². The number of nitrogens with one attached hydrogen (secondary N) is 1. The summed E-state index contributed by atoms with van der Waals surface area (Å²) < 4.78 is 10.7. The zero-order valence-corrected chi connectivity index (χ0v) is 18.7. The predicted octanol–water partition coefficient (Wildman–Crippen LogP) is 4.32. The Morgan fingerprint density at radius 2 is 1.71 bits per heavy atom. The summed E-state index contributed by atoms with van der Waals surface area (Å²) in [5.41, 5.74) is 4.33. The normalized spacial score (nSPS) is 13.9. The van der Waals surface area contributed by atoms with E-state index in [1.165, 1.54) is 4.90 Å². The first kappa shape index (κ1) is 22.6. The molecule has 0 aliphatic carbocycles. The monoisotopic (exact) mass is 422 g/mol. The highest BCUT2D eigenvalue weighted by atomic mass is 16.5. The summed E-state index contributed by atoms with van der Waals surface area (Å²) in [6.45, 7) is 7.48. The molecule has 6 nitrogen and oxygen atoms in total. The molecule has 2 aromatic rings. The van der Waals surface area contributed by atoms with E-state index in [0.717, 1.165) is 29.0 Å². The zero-order valence-electron chi connectivity index (χ0n) is 18.7. The number of hydrogen-bond acceptors (Lipinski definition) is 5. The first-order valence-electron chi connectivity index (χ1n) is 10.6. The second-order valence-corrected chi connectivity index (χ2v) is 7.60. The highest BCUT2D eigenvalue weighted by Crippen LogP contribution is 2.32. The largest absolute Gasteiger partial charge is 0.494 e. The highest BCUT2D eigenvalue weighted by Gasteiger charge is 2.39. The van der Waals surface area contributed by atoms with Gasteiger partial charge in [0.05, 0.1) is 12.2 Å². The summed E-state index contributed by atoms with van der Waals surface area (Å²) in [5, 5.41) is 3.25. The van der Waals surface area contributed by atoms with Crippen molar-refractivity contribution in [1.82, 2.24) is 4.90 Å². The topological polar surface area (TPSA) is 67.9 Å². The maximum atomic E-state index is 13.3. The van der Waals surface area contributed by atoms with E-state index in [2.05, 4.69) is 5.32 Å². The molecule has 0 unspecified atom stereocenters. The fourth-order valence-electron chi connectivity index (χ4n) is 3.49. The van der Waals surface area contributed by atoms with Crippen LogP contribution in [-0.2, 0) is 14.3 Å². The number of aryl methyl sites for hydroxylation is 1. The van der Waals surface area contributed by atoms with Gasteiger partial charge in [-0.2, -0.15) is 0 Å². The molecule has 3 rings (SSSR count). The average Bonchev–Trinajstić information content (AvgIpc) is 3.00. The Balaban J connectivity index is 1.98. The van der Waals surface area contributed by atoms with E-state index in [1.807, 2.05) is 63.2 Å². The van der Waals surface area contributed by atoms with Gasteiger partial charge in [0.2, 0.25) is 0 Å². The Kier molecular flexibility index (Phi) is 7.47. The fourth-order valence-corrected chi connectivity index (χ4v) is 3.49. The fraction of sp³-hybridized carbons (Fsp3) is 0.360. The third kappa shape index (κ3) is 4.97. The van der Waals surface area contributed by atoms with Crippen LogP contribution in [0.25, 0.3) is 5.57 Å². The zero-order chi connectivity index (χ0) is 22.4. The van der Waals surface area contributed by atoms with Crippen LogP contribution in [0.2, 0.25) is 0 Å². The Morgan fingerprint density at radius 1 is 0.968 bits per heavy atom. The maximum Gasteiger partial charge on any atom is 0.278 e. The number of nitrogens with zero attached hydrogens (tertiary/aromatic N) is 1. The molecule has 0 aromatic heterocycles. The molecule has 1 aliphatic rings. The van der Waals surface area contributed by atoms with E-state index in [-0.39, 0.29) is 11.8 Å². The van der Waals surface area contributed by atoms with Gasteiger partial charge in [-0.05, 0) is 61.6 Å². The lowest BCUT2D eigenvalue weighted by molar-refractivity contribution is -0.136. The summed E-state index contributed by atoms with van der Waals surface area (Å²) >= 11 is 0. The summed E-state index contributed by atoms with van der Waals surface area (Å²) in [7, 11) is 1.60. The second kappa shape index (κ2) is 10.3. The minimum absolute atomic E-state index is 0.295. The molecule has 0 spiro atoms. The predicted molar refractivity (Wildman–Crippen MR) is 122 cm³/mol. The molecule has 0 bridgehead atoms. The average molecular weight is 423 g/mol. The van der Waals surface area contributed by atoms with E-state index in [9.17, 15) is 9.59 Å². The minimum atomic E-state index is -0.316. The van der Waals surface area contributed by atoms with Gasteiger partial charge in [0.1, 0.15) is 11.4 Å². The van der Waals surface area contributed by atoms with Crippen molar-refractivity contribution in [3.8, 4) is 5.75 Å². The Morgan fingerprint density at radius 3 is 2.39 bits per heavy atom. The minimum Gasteiger partial charge on any atom is -0.494 e. The molecule has 0 atom stereocenters. The molecule has 0 saturated heterocycles. The smallest absolute Gasteiger partial charge is 0.278 e. The number of benzene rings is 2. The molecule has 1 aliphatic heterocycles. The van der Waals surface area contributed by atoms with Crippen molar-refractivity contribution < 1.29 is 19.1 Å². The maximum absolute atomic E-state index is 13.3. The van der Waals surface area contributed by atoms with Gasteiger partial charge in [0.25, 0.3) is 11.8 Å². The number of hydrogen-bond donors (Lipinski definition) is 1. The quantitative estimate of drug-likeness (QED) is 0.456. The summed E-state index contributed by atoms with van der Waals surface area (Å²) in [4.78, 5) is 27.8. The van der Waals surface area contributed by atoms with Crippen molar-refractivity contribution in [3.63, 3.8) is 0 Å². The van der Waals surface area contributed by atoms with Gasteiger partial charge in [0, 0.05) is 25.9 Å².